The molecule has 0 aliphatic carbocycles. The van der Waals surface area contributed by atoms with Crippen LogP contribution in [0.15, 0.2) is 17.2 Å². The molecule has 1 amide bonds. The molecule has 0 radical (unpaired) electrons. The van der Waals surface area contributed by atoms with Crippen LogP contribution in [0.25, 0.3) is 0 Å². The van der Waals surface area contributed by atoms with Gasteiger partial charge in [-0.3, -0.25) is 9.59 Å². The van der Waals surface area contributed by atoms with E-state index in [1.165, 1.54) is 21.5 Å². The second-order valence-electron chi connectivity index (χ2n) is 6.19. The van der Waals surface area contributed by atoms with Gasteiger partial charge in [0.1, 0.15) is 10.6 Å². The molecular formula is C15H21N3O5S2. The molecule has 10 heteroatoms. The molecule has 0 bridgehead atoms. The van der Waals surface area contributed by atoms with Crippen molar-refractivity contribution in [1.29, 1.82) is 0 Å². The van der Waals surface area contributed by atoms with Crippen LogP contribution in [0.5, 0.6) is 0 Å². The Balaban J connectivity index is 1.74. The minimum Gasteiger partial charge on any atom is -0.481 e. The van der Waals surface area contributed by atoms with Crippen molar-refractivity contribution >= 4 is 33.7 Å². The van der Waals surface area contributed by atoms with Crippen LogP contribution in [-0.4, -0.2) is 77.3 Å². The summed E-state index contributed by atoms with van der Waals surface area (Å²) in [5.41, 5.74) is 0.177. The molecule has 8 nitrogen and oxygen atoms in total. The monoisotopic (exact) mass is 387 g/mol. The number of aromatic amines is 1. The van der Waals surface area contributed by atoms with Gasteiger partial charge in [0.25, 0.3) is 5.91 Å². The Morgan fingerprint density at radius 3 is 2.64 bits per heavy atom. The number of carbonyl (C=O) groups is 2. The van der Waals surface area contributed by atoms with Crippen molar-refractivity contribution in [3.63, 3.8) is 0 Å². The van der Waals surface area contributed by atoms with Crippen LogP contribution in [0.3, 0.4) is 0 Å². The Morgan fingerprint density at radius 2 is 1.96 bits per heavy atom. The second-order valence-corrected chi connectivity index (χ2v) is 9.36. The molecule has 2 N–H and O–H groups in total. The van der Waals surface area contributed by atoms with E-state index >= 15 is 0 Å². The maximum Gasteiger partial charge on any atom is 0.308 e. The third kappa shape index (κ3) is 3.85. The van der Waals surface area contributed by atoms with Gasteiger partial charge in [-0.1, -0.05) is 0 Å². The zero-order chi connectivity index (χ0) is 18.0. The van der Waals surface area contributed by atoms with Crippen LogP contribution in [0.2, 0.25) is 0 Å². The first-order valence-electron chi connectivity index (χ1n) is 8.18. The van der Waals surface area contributed by atoms with E-state index in [9.17, 15) is 18.0 Å². The molecule has 0 saturated carbocycles. The Labute approximate surface area is 150 Å². The fraction of sp³-hybridized carbons (Fsp3) is 0.600. The van der Waals surface area contributed by atoms with E-state index in [4.69, 9.17) is 5.11 Å². The Morgan fingerprint density at radius 1 is 1.24 bits per heavy atom. The summed E-state index contributed by atoms with van der Waals surface area (Å²) in [4.78, 5) is 28.0. The molecular weight excluding hydrogens is 366 g/mol. The number of sulfonamides is 1. The summed E-state index contributed by atoms with van der Waals surface area (Å²) in [6.07, 6.45) is 2.51. The normalized spacial score (nSPS) is 22.7. The molecule has 1 aromatic rings. The molecule has 3 heterocycles. The predicted octanol–water partition coefficient (Wildman–Crippen LogP) is 0.689. The lowest BCUT2D eigenvalue weighted by molar-refractivity contribution is -0.143. The van der Waals surface area contributed by atoms with Gasteiger partial charge in [0.05, 0.1) is 5.92 Å². The molecule has 2 fully saturated rings. The molecule has 25 heavy (non-hydrogen) atoms. The third-order valence-electron chi connectivity index (χ3n) is 4.55. The predicted molar refractivity (Wildman–Crippen MR) is 93.1 cm³/mol. The lowest BCUT2D eigenvalue weighted by atomic mass is 9.98. The molecule has 2 saturated heterocycles. The van der Waals surface area contributed by atoms with Crippen molar-refractivity contribution in [2.75, 3.05) is 37.7 Å². The number of likely N-dealkylation sites (tertiary alicyclic amines) is 1. The van der Waals surface area contributed by atoms with E-state index in [1.807, 2.05) is 0 Å². The number of nitrogens with one attached hydrogen (secondary N) is 1. The first-order chi connectivity index (χ1) is 11.9. The van der Waals surface area contributed by atoms with Crippen molar-refractivity contribution in [3.8, 4) is 0 Å². The Hall–Kier alpha value is -1.52. The zero-order valence-corrected chi connectivity index (χ0v) is 15.3. The highest BCUT2D eigenvalue weighted by Gasteiger charge is 2.31. The van der Waals surface area contributed by atoms with E-state index in [-0.39, 0.29) is 23.0 Å². The highest BCUT2D eigenvalue weighted by Crippen LogP contribution is 2.23. The molecule has 0 spiro atoms. The van der Waals surface area contributed by atoms with Gasteiger partial charge in [-0.2, -0.15) is 16.1 Å². The van der Waals surface area contributed by atoms with Crippen LogP contribution in [0.1, 0.15) is 23.3 Å². The smallest absolute Gasteiger partial charge is 0.308 e. The summed E-state index contributed by atoms with van der Waals surface area (Å²) in [6.45, 7) is 1.56. The molecule has 1 aromatic heterocycles. The first-order valence-corrected chi connectivity index (χ1v) is 10.8. The topological polar surface area (TPSA) is 111 Å². The van der Waals surface area contributed by atoms with Gasteiger partial charge in [-0.05, 0) is 18.9 Å². The van der Waals surface area contributed by atoms with Crippen molar-refractivity contribution < 1.29 is 23.1 Å². The Bertz CT molecular complexity index is 755. The van der Waals surface area contributed by atoms with E-state index in [0.29, 0.717) is 32.5 Å². The summed E-state index contributed by atoms with van der Waals surface area (Å²) >= 11 is 1.72. The molecule has 1 atom stereocenters. The molecule has 138 valence electrons. The van der Waals surface area contributed by atoms with Gasteiger partial charge in [-0.15, -0.1) is 0 Å². The average molecular weight is 387 g/mol. The maximum atomic E-state index is 12.6. The van der Waals surface area contributed by atoms with E-state index in [0.717, 1.165) is 11.5 Å². The van der Waals surface area contributed by atoms with Gasteiger partial charge < -0.3 is 15.0 Å². The summed E-state index contributed by atoms with van der Waals surface area (Å²) in [5.74, 6) is -0.307. The summed E-state index contributed by atoms with van der Waals surface area (Å²) in [5, 5.41) is 9.13. The van der Waals surface area contributed by atoms with E-state index < -0.39 is 21.9 Å². The number of hydrogen-bond acceptors (Lipinski definition) is 5. The minimum atomic E-state index is -3.61. The number of H-pyrrole nitrogens is 1. The lowest BCUT2D eigenvalue weighted by Crippen LogP contribution is -2.42. The van der Waals surface area contributed by atoms with E-state index in [2.05, 4.69) is 4.98 Å². The van der Waals surface area contributed by atoms with Gasteiger partial charge in [0.2, 0.25) is 10.0 Å². The highest BCUT2D eigenvalue weighted by molar-refractivity contribution is 7.99. The van der Waals surface area contributed by atoms with Crippen LogP contribution < -0.4 is 0 Å². The average Bonchev–Trinajstić information content (AvgIpc) is 3.13. The molecule has 2 aliphatic heterocycles. The number of amides is 1. The number of hydrogen-bond donors (Lipinski definition) is 2. The largest absolute Gasteiger partial charge is 0.481 e. The minimum absolute atomic E-state index is 0.0783. The maximum absolute atomic E-state index is 12.6. The van der Waals surface area contributed by atoms with Crippen molar-refractivity contribution in [2.45, 2.75) is 17.7 Å². The molecule has 0 aromatic carbocycles. The number of nitrogens with zero attached hydrogens (tertiary/aromatic N) is 2. The highest BCUT2D eigenvalue weighted by atomic mass is 32.2. The number of aliphatic carboxylic acids is 1. The van der Waals surface area contributed by atoms with Crippen molar-refractivity contribution in [1.82, 2.24) is 14.2 Å². The number of aromatic nitrogens is 1. The summed E-state index contributed by atoms with van der Waals surface area (Å²) in [6, 6.07) is 1.35. The number of rotatable bonds is 4. The number of thioether (sulfide) groups is 1. The SMILES string of the molecule is O=C(O)C1CCCN(C(=O)c2cc(S(=O)(=O)N3CCSCC3)c[nH]2)C1. The fourth-order valence-corrected chi connectivity index (χ4v) is 5.69. The van der Waals surface area contributed by atoms with Gasteiger partial charge in [0, 0.05) is 43.9 Å². The first kappa shape index (κ1) is 18.3. The lowest BCUT2D eigenvalue weighted by Gasteiger charge is -2.30. The number of carboxylic acid groups (broad SMARTS) is 1. The zero-order valence-electron chi connectivity index (χ0n) is 13.7. The molecule has 1 unspecified atom stereocenters. The number of carboxylic acids is 1. The summed E-state index contributed by atoms with van der Waals surface area (Å²) < 4.78 is 26.7. The number of carbonyl (C=O) groups excluding carboxylic acids is 1. The van der Waals surface area contributed by atoms with Gasteiger partial charge in [-0.25, -0.2) is 8.42 Å². The third-order valence-corrected chi connectivity index (χ3v) is 7.37. The van der Waals surface area contributed by atoms with Gasteiger partial charge in [0.15, 0.2) is 0 Å². The van der Waals surface area contributed by atoms with Gasteiger partial charge >= 0.3 is 5.97 Å². The fourth-order valence-electron chi connectivity index (χ4n) is 3.12. The Kier molecular flexibility index (Phi) is 5.40. The van der Waals surface area contributed by atoms with Crippen LogP contribution in [-0.2, 0) is 14.8 Å². The second kappa shape index (κ2) is 7.38. The molecule has 3 rings (SSSR count). The van der Waals surface area contributed by atoms with E-state index in [1.54, 1.807) is 11.8 Å². The van der Waals surface area contributed by atoms with Crippen molar-refractivity contribution in [3.05, 3.63) is 18.0 Å². The quantitative estimate of drug-likeness (QED) is 0.786. The van der Waals surface area contributed by atoms with Crippen LogP contribution in [0.4, 0.5) is 0 Å². The summed E-state index contributed by atoms with van der Waals surface area (Å²) in [7, 11) is -3.61. The van der Waals surface area contributed by atoms with Crippen LogP contribution in [0, 0.1) is 5.92 Å². The number of piperidine rings is 1. The molecule has 2 aliphatic rings. The van der Waals surface area contributed by atoms with Crippen LogP contribution >= 0.6 is 11.8 Å². The standard InChI is InChI=1S/C15H21N3O5S2/c19-14(17-3-1-2-11(10-17)15(20)21)13-8-12(9-16-13)25(22,23)18-4-6-24-7-5-18/h8-9,11,16H,1-7,10H2,(H,20,21). The van der Waals surface area contributed by atoms with Crippen molar-refractivity contribution in [2.24, 2.45) is 5.92 Å².